The maximum absolute atomic E-state index is 14.4. The molecule has 8 atom stereocenters. The summed E-state index contributed by atoms with van der Waals surface area (Å²) in [5.74, 6) is -15.8. The number of amides is 13. The molecule has 1 unspecified atom stereocenters. The predicted molar refractivity (Wildman–Crippen MR) is 411 cm³/mol. The topological polar surface area (TPSA) is 669 Å². The Bertz CT molecular complexity index is 4370. The number of hydrogen-bond acceptors (Lipinski definition) is 22. The number of aromatic nitrogens is 1. The minimum atomic E-state index is -4.56. The molecule has 1 aromatic heterocycles. The van der Waals surface area contributed by atoms with Crippen LogP contribution in [0.15, 0.2) is 130 Å². The van der Waals surface area contributed by atoms with E-state index in [2.05, 4.69) is 95.0 Å². The predicted octanol–water partition coefficient (Wildman–Crippen LogP) is -3.84. The molecule has 24 N–H and O–H groups in total. The lowest BCUT2D eigenvalue weighted by molar-refractivity contribution is -0.141. The van der Waals surface area contributed by atoms with Crippen LogP contribution >= 0.6 is 0 Å². The number of hydrogen-bond donors (Lipinski definition) is 22. The first-order valence-electron chi connectivity index (χ1n) is 36.9. The molecule has 2 aliphatic heterocycles. The van der Waals surface area contributed by atoms with E-state index in [0.717, 1.165) is 0 Å². The summed E-state index contributed by atoms with van der Waals surface area (Å²) in [5.41, 5.74) is 11.9. The molecular weight excluding hydrogens is 1540 g/mol. The number of allylic oxidation sites excluding steroid dienone is 1. The number of unbranched alkanes of at least 4 members (excludes halogenated alkanes) is 2. The Labute approximate surface area is 665 Å². The van der Waals surface area contributed by atoms with E-state index >= 15 is 0 Å². The lowest BCUT2D eigenvalue weighted by Gasteiger charge is -2.26. The fraction of sp³-hybridized carbons (Fsp3) is 0.425. The Kier molecular flexibility index (Phi) is 37.3. The third kappa shape index (κ3) is 33.1. The van der Waals surface area contributed by atoms with Gasteiger partial charge in [-0.3, -0.25) is 92.3 Å². The molecule has 0 bridgehead atoms. The summed E-state index contributed by atoms with van der Waals surface area (Å²) >= 11 is 0. The second-order valence-electron chi connectivity index (χ2n) is 26.7. The molecule has 42 nitrogen and oxygen atoms in total. The molecule has 2 fully saturated rings. The largest absolute Gasteiger partial charge is 0.481 e. The first-order valence-corrected chi connectivity index (χ1v) is 38.3. The van der Waals surface area contributed by atoms with Gasteiger partial charge in [-0.25, -0.2) is 0 Å². The van der Waals surface area contributed by atoms with E-state index in [1.165, 1.54) is 42.6 Å². The molecule has 4 aromatic rings. The molecule has 116 heavy (non-hydrogen) atoms. The van der Waals surface area contributed by atoms with Gasteiger partial charge in [0.05, 0.1) is 48.6 Å². The zero-order chi connectivity index (χ0) is 84.7. The van der Waals surface area contributed by atoms with Crippen LogP contribution < -0.4 is 91.2 Å². The van der Waals surface area contributed by atoms with Crippen LogP contribution in [0.1, 0.15) is 116 Å². The minimum absolute atomic E-state index is 0.00740. The highest BCUT2D eigenvalue weighted by molar-refractivity contribution is 7.85. The van der Waals surface area contributed by atoms with Crippen molar-refractivity contribution in [1.29, 1.82) is 10.8 Å². The number of nitrogens with zero attached hydrogens (tertiary/aromatic N) is 3. The molecule has 13 amide bonds. The fourth-order valence-corrected chi connectivity index (χ4v) is 12.3. The summed E-state index contributed by atoms with van der Waals surface area (Å²) in [6.07, 6.45) is -0.601. The second kappa shape index (κ2) is 47.2. The Morgan fingerprint density at radius 2 is 1.01 bits per heavy atom. The molecule has 43 heteroatoms. The summed E-state index contributed by atoms with van der Waals surface area (Å²) in [5, 5.41) is 80.2. The van der Waals surface area contributed by atoms with Crippen LogP contribution in [0.3, 0.4) is 0 Å². The lowest BCUT2D eigenvalue weighted by Crippen LogP contribution is -2.58. The molecule has 0 saturated carbocycles. The van der Waals surface area contributed by atoms with E-state index in [1.807, 2.05) is 0 Å². The normalized spacial score (nSPS) is 19.5. The van der Waals surface area contributed by atoms with E-state index in [0.29, 0.717) is 16.8 Å². The summed E-state index contributed by atoms with van der Waals surface area (Å²) < 4.78 is 33.4. The van der Waals surface area contributed by atoms with Gasteiger partial charge in [-0.05, 0) is 99.1 Å². The number of carboxylic acid groups (broad SMARTS) is 2. The van der Waals surface area contributed by atoms with E-state index < -0.39 is 191 Å². The Hall–Kier alpha value is -13.4. The van der Waals surface area contributed by atoms with Gasteiger partial charge in [0.2, 0.25) is 65.0 Å². The van der Waals surface area contributed by atoms with E-state index in [-0.39, 0.29) is 138 Å². The average Bonchev–Trinajstić information content (AvgIpc) is 1.08. The van der Waals surface area contributed by atoms with Gasteiger partial charge in [0.25, 0.3) is 21.9 Å². The first kappa shape index (κ1) is 91.5. The van der Waals surface area contributed by atoms with Crippen molar-refractivity contribution in [2.45, 2.75) is 163 Å². The minimum Gasteiger partial charge on any atom is -0.481 e. The average molecular weight is 1630 g/mol. The van der Waals surface area contributed by atoms with Gasteiger partial charge in [-0.2, -0.15) is 18.6 Å². The number of benzene rings is 3. The standard InChI is InChI=1S/C73H96N22O20S/c74-72(75)80-31-13-22-47-66(107)90-49(68(109)92-52(33-42-15-3-1-4-16-42)70(111)94-54(35-60(99)100)64(105)83-40-58(97)87-47)20-9-11-29-78-57(96)28-27-51(89-62(103)45-25-26-46(82-37-45)39-86-85-38-44-19-7-8-24-56(44)116(113,114)115)63(104)79-30-12-10-21-50-69(110)93-53(34-43-17-5-2-6-18-43)71(112)95-55(36-61(101)102)65(106)84-41-59(98)88-48(67(108)91-50)23-14-32-81-73(76)77/h1-8,15-19,21,24-26,37,47-49,51-55H,9-14,20,22-23,27-36,38-41H2,(H,78,96)(H,79,104)(H,83,105)(H,84,106)(H,87,97)(H,88,98)(H,89,103)(H,90,107)(H,91,108)(H,92,109)(H,93,110)(H,94,111)(H,95,112)(H,99,100)(H,101,102)(H4,74,75,80)(H4,76,77,81)(H,113,114,115)/t47-,48-,49+,51?,52+,53+,54+,55+/m0/s1. The number of rotatable bonds is 36. The molecular formula is C73H96N22O20S. The van der Waals surface area contributed by atoms with Gasteiger partial charge in [0, 0.05) is 51.6 Å². The highest BCUT2D eigenvalue weighted by Crippen LogP contribution is 2.18. The quantitative estimate of drug-likeness (QED) is 0.00518. The highest BCUT2D eigenvalue weighted by Gasteiger charge is 2.36. The molecule has 624 valence electrons. The summed E-state index contributed by atoms with van der Waals surface area (Å²) in [6.45, 7) is -2.04. The number of azo groups is 1. The van der Waals surface area contributed by atoms with Crippen molar-refractivity contribution in [3.63, 3.8) is 0 Å². The molecule has 0 radical (unpaired) electrons. The third-order valence-corrected chi connectivity index (χ3v) is 18.5. The maximum atomic E-state index is 14.4. The van der Waals surface area contributed by atoms with Crippen molar-refractivity contribution < 1.29 is 95.1 Å². The molecule has 0 spiro atoms. The molecule has 2 aliphatic rings. The van der Waals surface area contributed by atoms with Crippen LogP contribution in [0.4, 0.5) is 0 Å². The molecule has 2 saturated heterocycles. The fourth-order valence-electron chi connectivity index (χ4n) is 11.6. The number of guanidine groups is 2. The highest BCUT2D eigenvalue weighted by atomic mass is 32.2. The number of nitrogens with two attached hydrogens (primary N) is 2. The smallest absolute Gasteiger partial charge is 0.305 e. The van der Waals surface area contributed by atoms with Crippen LogP contribution in [-0.2, 0) is 103 Å². The van der Waals surface area contributed by atoms with Crippen LogP contribution in [0.2, 0.25) is 0 Å². The van der Waals surface area contributed by atoms with Gasteiger partial charge in [0.1, 0.15) is 60.6 Å². The Morgan fingerprint density at radius 3 is 1.54 bits per heavy atom. The van der Waals surface area contributed by atoms with Crippen molar-refractivity contribution in [3.05, 3.63) is 143 Å². The number of nitrogens with one attached hydrogen (secondary N) is 17. The van der Waals surface area contributed by atoms with Crippen molar-refractivity contribution in [2.75, 3.05) is 39.3 Å². The number of pyridine rings is 1. The third-order valence-electron chi connectivity index (χ3n) is 17.6. The van der Waals surface area contributed by atoms with Crippen molar-refractivity contribution >= 4 is 111 Å². The Balaban J connectivity index is 1.21. The molecule has 3 aromatic carbocycles. The SMILES string of the molecule is N=C(N)NCCC[C@@H]1NC(=O)CNC(=O)[C@@H](CC(=O)O)NC(=O)[C@@H](Cc2ccccc2)NC(=O)C(=CCCCNC(=O)C(CCC(=O)NCCCC[C@H]2NC(=O)[C@H](CCCNC(=N)N)NC(=O)CNC(=O)[C@@H](CC(=O)O)NC(=O)[C@@H](Cc3ccccc3)NC2=O)NC(=O)c2ccc(CN=NCc3ccccc3S(=O)(=O)O)nc2)NC1=O. The monoisotopic (exact) mass is 1630 g/mol. The number of carbonyl (C=O) groups excluding carboxylic acids is 13. The van der Waals surface area contributed by atoms with Crippen LogP contribution in [-0.4, -0.2) is 216 Å². The molecule has 0 aliphatic carbocycles. The van der Waals surface area contributed by atoms with Crippen molar-refractivity contribution in [3.8, 4) is 0 Å². The van der Waals surface area contributed by atoms with Gasteiger partial charge in [0.15, 0.2) is 11.9 Å². The zero-order valence-corrected chi connectivity index (χ0v) is 63.8. The lowest BCUT2D eigenvalue weighted by atomic mass is 10.0. The molecule has 6 rings (SSSR count). The van der Waals surface area contributed by atoms with Gasteiger partial charge < -0.3 is 101 Å². The van der Waals surface area contributed by atoms with E-state index in [4.69, 9.17) is 22.3 Å². The van der Waals surface area contributed by atoms with Crippen LogP contribution in [0.5, 0.6) is 0 Å². The van der Waals surface area contributed by atoms with E-state index in [1.54, 1.807) is 66.7 Å². The number of aliphatic carboxylic acids is 2. The summed E-state index contributed by atoms with van der Waals surface area (Å²) in [7, 11) is -4.56. The van der Waals surface area contributed by atoms with Crippen LogP contribution in [0, 0.1) is 10.8 Å². The Morgan fingerprint density at radius 1 is 0.534 bits per heavy atom. The molecule has 3 heterocycles. The van der Waals surface area contributed by atoms with Crippen LogP contribution in [0.25, 0.3) is 0 Å². The zero-order valence-electron chi connectivity index (χ0n) is 63.0. The summed E-state index contributed by atoms with van der Waals surface area (Å²) in [4.78, 5) is 208. The van der Waals surface area contributed by atoms with E-state index in [9.17, 15) is 95.1 Å². The van der Waals surface area contributed by atoms with Gasteiger partial charge >= 0.3 is 11.9 Å². The number of carbonyl (C=O) groups is 15. The number of carboxylic acids is 2. The van der Waals surface area contributed by atoms with Gasteiger partial charge in [-0.1, -0.05) is 84.9 Å². The van der Waals surface area contributed by atoms with Crippen molar-refractivity contribution in [2.24, 2.45) is 21.7 Å². The summed E-state index contributed by atoms with van der Waals surface area (Å²) in [6, 6.07) is 12.8. The second-order valence-corrected chi connectivity index (χ2v) is 28.0. The van der Waals surface area contributed by atoms with Crippen molar-refractivity contribution in [1.82, 2.24) is 84.7 Å². The first-order chi connectivity index (χ1) is 55.3. The maximum Gasteiger partial charge on any atom is 0.305 e. The van der Waals surface area contributed by atoms with Gasteiger partial charge in [-0.15, -0.1) is 0 Å².